The number of hydrogen-bond acceptors (Lipinski definition) is 6. The van der Waals surface area contributed by atoms with Crippen LogP contribution in [-0.2, 0) is 17.8 Å². The Bertz CT molecular complexity index is 1220. The fourth-order valence-electron chi connectivity index (χ4n) is 3.60. The maximum Gasteiger partial charge on any atom is 0.294 e. The van der Waals surface area contributed by atoms with Gasteiger partial charge in [-0.05, 0) is 49.1 Å². The van der Waals surface area contributed by atoms with Crippen molar-refractivity contribution in [2.75, 3.05) is 32.1 Å². The van der Waals surface area contributed by atoms with Gasteiger partial charge in [0.15, 0.2) is 11.8 Å². The van der Waals surface area contributed by atoms with Gasteiger partial charge in [0.2, 0.25) is 5.91 Å². The van der Waals surface area contributed by atoms with Gasteiger partial charge in [-0.2, -0.15) is 0 Å². The standard InChI is InChI=1S/C26H33N7O3.3ClH/c1-36-21-11-9-20(10-12-21)22-17-32-24(30-16-13-19-7-3-2-4-8-19)25(35)33(22)18-23(34)29-14-5-6-15-31-26(27)28;;;/h2-4,7-12,17H,5-6,13-16,18H2,1H3,(H,29,34)(H,30,32)(H4,27,28,31);3*1H. The second kappa shape index (κ2) is 18.7. The van der Waals surface area contributed by atoms with E-state index in [9.17, 15) is 9.59 Å². The molecule has 10 nitrogen and oxygen atoms in total. The second-order valence-corrected chi connectivity index (χ2v) is 8.14. The molecular weight excluding hydrogens is 565 g/mol. The lowest BCUT2D eigenvalue weighted by Gasteiger charge is -2.15. The Morgan fingerprint density at radius 2 is 1.69 bits per heavy atom. The van der Waals surface area contributed by atoms with Crippen LogP contribution in [-0.4, -0.2) is 48.2 Å². The molecule has 0 bridgehead atoms. The van der Waals surface area contributed by atoms with Crippen molar-refractivity contribution in [2.45, 2.75) is 25.8 Å². The summed E-state index contributed by atoms with van der Waals surface area (Å²) < 4.78 is 6.67. The van der Waals surface area contributed by atoms with Crippen LogP contribution in [0, 0.1) is 0 Å². The molecule has 0 aliphatic rings. The first kappa shape index (κ1) is 35.5. The maximum absolute atomic E-state index is 13.3. The van der Waals surface area contributed by atoms with Crippen LogP contribution >= 0.6 is 37.2 Å². The third-order valence-electron chi connectivity index (χ3n) is 5.49. The van der Waals surface area contributed by atoms with E-state index in [1.165, 1.54) is 4.57 Å². The average molecular weight is 601 g/mol. The number of unbranched alkanes of at least 4 members (excludes halogenated alkanes) is 1. The number of amides is 1. The number of carbonyl (C=O) groups is 1. The lowest BCUT2D eigenvalue weighted by Crippen LogP contribution is -2.35. The molecule has 3 rings (SSSR count). The minimum atomic E-state index is -0.362. The largest absolute Gasteiger partial charge is 0.497 e. The monoisotopic (exact) mass is 599 g/mol. The molecule has 0 saturated carbocycles. The summed E-state index contributed by atoms with van der Waals surface area (Å²) in [5.41, 5.74) is 12.7. The summed E-state index contributed by atoms with van der Waals surface area (Å²) in [5.74, 6) is 0.678. The fraction of sp³-hybridized carbons (Fsp3) is 0.308. The molecule has 0 fully saturated rings. The van der Waals surface area contributed by atoms with E-state index in [0.29, 0.717) is 37.5 Å². The molecule has 1 aromatic heterocycles. The van der Waals surface area contributed by atoms with E-state index in [1.807, 2.05) is 42.5 Å². The van der Waals surface area contributed by atoms with E-state index in [0.717, 1.165) is 24.0 Å². The number of benzene rings is 2. The molecule has 6 N–H and O–H groups in total. The van der Waals surface area contributed by atoms with Crippen molar-refractivity contribution in [1.29, 1.82) is 0 Å². The number of nitrogens with two attached hydrogens (primary N) is 2. The first-order valence-electron chi connectivity index (χ1n) is 11.8. The van der Waals surface area contributed by atoms with Gasteiger partial charge in [0, 0.05) is 25.2 Å². The van der Waals surface area contributed by atoms with E-state index < -0.39 is 0 Å². The molecule has 0 spiro atoms. The van der Waals surface area contributed by atoms with Crippen molar-refractivity contribution in [2.24, 2.45) is 16.5 Å². The topological polar surface area (TPSA) is 150 Å². The van der Waals surface area contributed by atoms with E-state index in [2.05, 4.69) is 20.6 Å². The Hall–Kier alpha value is -3.47. The summed E-state index contributed by atoms with van der Waals surface area (Å²) in [7, 11) is 1.59. The Kier molecular flexibility index (Phi) is 17.1. The normalized spacial score (nSPS) is 9.67. The number of aliphatic imine (C=N–C) groups is 1. The van der Waals surface area contributed by atoms with Crippen LogP contribution in [0.25, 0.3) is 11.3 Å². The molecule has 0 radical (unpaired) electrons. The maximum atomic E-state index is 13.3. The lowest BCUT2D eigenvalue weighted by molar-refractivity contribution is -0.121. The smallest absolute Gasteiger partial charge is 0.294 e. The van der Waals surface area contributed by atoms with Gasteiger partial charge < -0.3 is 26.8 Å². The van der Waals surface area contributed by atoms with Crippen molar-refractivity contribution in [1.82, 2.24) is 14.9 Å². The predicted molar refractivity (Wildman–Crippen MR) is 164 cm³/mol. The third-order valence-corrected chi connectivity index (χ3v) is 5.49. The minimum absolute atomic E-state index is 0. The first-order chi connectivity index (χ1) is 17.5. The highest BCUT2D eigenvalue weighted by atomic mass is 35.5. The van der Waals surface area contributed by atoms with E-state index in [4.69, 9.17) is 16.2 Å². The van der Waals surface area contributed by atoms with Crippen molar-refractivity contribution >= 4 is 54.9 Å². The number of ether oxygens (including phenoxy) is 1. The number of aromatic nitrogens is 2. The fourth-order valence-corrected chi connectivity index (χ4v) is 3.60. The summed E-state index contributed by atoms with van der Waals surface area (Å²) in [4.78, 5) is 34.3. The van der Waals surface area contributed by atoms with Gasteiger partial charge in [-0.1, -0.05) is 30.3 Å². The average Bonchev–Trinajstić information content (AvgIpc) is 2.89. The Morgan fingerprint density at radius 1 is 1.00 bits per heavy atom. The zero-order valence-electron chi connectivity index (χ0n) is 21.7. The van der Waals surface area contributed by atoms with Crippen molar-refractivity contribution < 1.29 is 9.53 Å². The number of halogens is 3. The molecule has 13 heteroatoms. The Morgan fingerprint density at radius 3 is 2.33 bits per heavy atom. The molecule has 0 aliphatic heterocycles. The van der Waals surface area contributed by atoms with Gasteiger partial charge >= 0.3 is 0 Å². The van der Waals surface area contributed by atoms with Gasteiger partial charge in [0.1, 0.15) is 12.3 Å². The summed E-state index contributed by atoms with van der Waals surface area (Å²) in [6.07, 6.45) is 3.80. The lowest BCUT2D eigenvalue weighted by atomic mass is 10.1. The van der Waals surface area contributed by atoms with Crippen LogP contribution in [0.2, 0.25) is 0 Å². The number of rotatable bonds is 13. The van der Waals surface area contributed by atoms with Crippen LogP contribution in [0.4, 0.5) is 5.82 Å². The number of methoxy groups -OCH3 is 1. The summed E-state index contributed by atoms with van der Waals surface area (Å²) in [6.45, 7) is 1.36. The molecule has 39 heavy (non-hydrogen) atoms. The predicted octanol–water partition coefficient (Wildman–Crippen LogP) is 3.01. The Balaban J connectivity index is 0.00000481. The SMILES string of the molecule is COc1ccc(-c2cnc(NCCc3ccccc3)c(=O)n2CC(=O)NCCCCN=C(N)N)cc1.Cl.Cl.Cl. The number of carbonyl (C=O) groups excluding carboxylic acids is 1. The zero-order chi connectivity index (χ0) is 25.8. The van der Waals surface area contributed by atoms with Gasteiger partial charge in [-0.25, -0.2) is 4.98 Å². The van der Waals surface area contributed by atoms with Crippen LogP contribution in [0.15, 0.2) is 70.6 Å². The summed E-state index contributed by atoms with van der Waals surface area (Å²) in [5, 5.41) is 5.98. The molecular formula is C26H36Cl3N7O3. The van der Waals surface area contributed by atoms with Gasteiger partial charge in [0.05, 0.1) is 19.0 Å². The third kappa shape index (κ3) is 11.4. The summed E-state index contributed by atoms with van der Waals surface area (Å²) >= 11 is 0. The second-order valence-electron chi connectivity index (χ2n) is 8.14. The highest BCUT2D eigenvalue weighted by Gasteiger charge is 2.15. The Labute approximate surface area is 246 Å². The number of hydrogen-bond donors (Lipinski definition) is 4. The van der Waals surface area contributed by atoms with Crippen molar-refractivity contribution in [3.63, 3.8) is 0 Å². The molecule has 2 aromatic carbocycles. The number of nitrogens with zero attached hydrogens (tertiary/aromatic N) is 3. The van der Waals surface area contributed by atoms with Crippen molar-refractivity contribution in [3.05, 3.63) is 76.7 Å². The van der Waals surface area contributed by atoms with Crippen molar-refractivity contribution in [3.8, 4) is 17.0 Å². The highest BCUT2D eigenvalue weighted by molar-refractivity contribution is 5.86. The number of anilines is 1. The van der Waals surface area contributed by atoms with E-state index in [1.54, 1.807) is 25.4 Å². The molecule has 1 amide bonds. The molecule has 0 atom stereocenters. The minimum Gasteiger partial charge on any atom is -0.497 e. The number of nitrogens with one attached hydrogen (secondary N) is 2. The zero-order valence-corrected chi connectivity index (χ0v) is 24.1. The number of guanidine groups is 1. The van der Waals surface area contributed by atoms with Crippen LogP contribution in [0.5, 0.6) is 5.75 Å². The summed E-state index contributed by atoms with van der Waals surface area (Å²) in [6, 6.07) is 17.2. The van der Waals surface area contributed by atoms with Crippen LogP contribution < -0.4 is 32.4 Å². The van der Waals surface area contributed by atoms with Gasteiger partial charge in [-0.15, -0.1) is 37.2 Å². The van der Waals surface area contributed by atoms with Gasteiger partial charge in [-0.3, -0.25) is 19.1 Å². The molecule has 0 aliphatic carbocycles. The van der Waals surface area contributed by atoms with Crippen LogP contribution in [0.3, 0.4) is 0 Å². The van der Waals surface area contributed by atoms with Gasteiger partial charge in [0.25, 0.3) is 5.56 Å². The van der Waals surface area contributed by atoms with E-state index in [-0.39, 0.29) is 67.0 Å². The molecule has 3 aromatic rings. The molecule has 0 unspecified atom stereocenters. The quantitative estimate of drug-likeness (QED) is 0.134. The van der Waals surface area contributed by atoms with Crippen LogP contribution in [0.1, 0.15) is 18.4 Å². The molecule has 0 saturated heterocycles. The molecule has 214 valence electrons. The molecule has 1 heterocycles. The van der Waals surface area contributed by atoms with E-state index >= 15 is 0 Å². The highest BCUT2D eigenvalue weighted by Crippen LogP contribution is 2.21. The first-order valence-corrected chi connectivity index (χ1v) is 11.8.